The monoisotopic (exact) mass is 545 g/mol. The molecule has 0 saturated carbocycles. The molecule has 159 valence electrons. The van der Waals surface area contributed by atoms with Crippen LogP contribution in [0.15, 0.2) is 0 Å². The fourth-order valence-corrected chi connectivity index (χ4v) is 3.45. The third-order valence-corrected chi connectivity index (χ3v) is 4.40. The molecule has 0 amide bonds. The van der Waals surface area contributed by atoms with E-state index in [9.17, 15) is 39.6 Å². The number of aliphatic carboxylic acids is 4. The second kappa shape index (κ2) is 12.6. The van der Waals surface area contributed by atoms with Gasteiger partial charge in [0.1, 0.15) is 0 Å². The molecule has 0 unspecified atom stereocenters. The predicted octanol–water partition coefficient (Wildman–Crippen LogP) is -6.67. The quantitative estimate of drug-likeness (QED) is 0.250. The van der Waals surface area contributed by atoms with Crippen LogP contribution in [0.2, 0.25) is 0 Å². The molecule has 1 heterocycles. The van der Waals surface area contributed by atoms with Gasteiger partial charge in [0, 0.05) is 51.4 Å². The molecule has 1 radical (unpaired) electrons. The van der Waals surface area contributed by atoms with E-state index < -0.39 is 55.6 Å². The van der Waals surface area contributed by atoms with Crippen LogP contribution < -0.4 is 21.1 Å². The van der Waals surface area contributed by atoms with Crippen molar-refractivity contribution in [2.24, 2.45) is 5.73 Å². The minimum absolute atomic E-state index is 0. The van der Waals surface area contributed by atoms with Gasteiger partial charge in [-0.3, -0.25) is 19.5 Å². The van der Waals surface area contributed by atoms with Gasteiger partial charge < -0.3 is 40.5 Å². The SMILES string of the molecule is NCCC1(N(CC(=O)[O-])CC(=O)O)CN(CC(=O)[O-])CCN(CC(=O)[O-])C1.[Gd+3]. The molecule has 13 heteroatoms. The first-order valence-electron chi connectivity index (χ1n) is 8.29. The molecule has 1 fully saturated rings. The molecule has 1 aliphatic rings. The van der Waals surface area contributed by atoms with E-state index in [0.29, 0.717) is 0 Å². The smallest absolute Gasteiger partial charge is 0.549 e. The summed E-state index contributed by atoms with van der Waals surface area (Å²) in [5, 5.41) is 42.4. The molecule has 0 aromatic rings. The predicted molar refractivity (Wildman–Crippen MR) is 83.5 cm³/mol. The van der Waals surface area contributed by atoms with Gasteiger partial charge in [-0.05, 0) is 13.0 Å². The number of carboxylic acids is 4. The van der Waals surface area contributed by atoms with Crippen molar-refractivity contribution in [1.82, 2.24) is 14.7 Å². The molecule has 0 aromatic carbocycles. The molecule has 1 aliphatic heterocycles. The maximum Gasteiger partial charge on any atom is 3.00 e. The Morgan fingerprint density at radius 2 is 1.39 bits per heavy atom. The van der Waals surface area contributed by atoms with Crippen LogP contribution in [0.4, 0.5) is 0 Å². The first-order valence-corrected chi connectivity index (χ1v) is 8.29. The molecular formula is C15H23GdN4O8. The maximum absolute atomic E-state index is 11.3. The number of nitrogens with zero attached hydrogens (tertiary/aromatic N) is 3. The molecule has 0 bridgehead atoms. The van der Waals surface area contributed by atoms with Gasteiger partial charge >= 0.3 is 45.9 Å². The number of nitrogens with two attached hydrogens (primary N) is 1. The Morgan fingerprint density at radius 3 is 1.71 bits per heavy atom. The van der Waals surface area contributed by atoms with Gasteiger partial charge in [-0.1, -0.05) is 0 Å². The fourth-order valence-electron chi connectivity index (χ4n) is 3.45. The van der Waals surface area contributed by atoms with E-state index in [-0.39, 0.29) is 79.1 Å². The molecule has 3 N–H and O–H groups in total. The molecule has 0 aromatic heterocycles. The molecule has 1 rings (SSSR count). The van der Waals surface area contributed by atoms with Crippen molar-refractivity contribution in [3.05, 3.63) is 0 Å². The van der Waals surface area contributed by atoms with Crippen molar-refractivity contribution in [3.8, 4) is 0 Å². The van der Waals surface area contributed by atoms with Crippen molar-refractivity contribution in [1.29, 1.82) is 0 Å². The van der Waals surface area contributed by atoms with Crippen molar-refractivity contribution in [2.75, 3.05) is 58.9 Å². The maximum atomic E-state index is 11.3. The summed E-state index contributed by atoms with van der Waals surface area (Å²) in [5.74, 6) is -5.55. The van der Waals surface area contributed by atoms with Gasteiger partial charge in [-0.2, -0.15) is 0 Å². The largest absolute Gasteiger partial charge is 3.00 e. The number of carboxylic acid groups (broad SMARTS) is 4. The zero-order valence-electron chi connectivity index (χ0n) is 15.1. The molecule has 1 saturated heterocycles. The first-order chi connectivity index (χ1) is 12.6. The van der Waals surface area contributed by atoms with Crippen LogP contribution in [0.1, 0.15) is 6.42 Å². The zero-order valence-corrected chi connectivity index (χ0v) is 17.4. The van der Waals surface area contributed by atoms with Gasteiger partial charge in [0.2, 0.25) is 0 Å². The summed E-state index contributed by atoms with van der Waals surface area (Å²) < 4.78 is 0. The van der Waals surface area contributed by atoms with Gasteiger partial charge in [-0.25, -0.2) is 0 Å². The normalized spacial score (nSPS) is 17.5. The van der Waals surface area contributed by atoms with E-state index in [2.05, 4.69) is 0 Å². The molecular weight excluding hydrogens is 521 g/mol. The Hall–Kier alpha value is -0.955. The van der Waals surface area contributed by atoms with Crippen LogP contribution in [0.5, 0.6) is 0 Å². The van der Waals surface area contributed by atoms with E-state index in [1.54, 1.807) is 0 Å². The molecule has 28 heavy (non-hydrogen) atoms. The fraction of sp³-hybridized carbons (Fsp3) is 0.733. The third-order valence-electron chi connectivity index (χ3n) is 4.40. The third kappa shape index (κ3) is 9.03. The van der Waals surface area contributed by atoms with E-state index in [0.717, 1.165) is 4.90 Å². The minimum atomic E-state index is -1.52. The van der Waals surface area contributed by atoms with E-state index >= 15 is 0 Å². The number of hydrogen-bond acceptors (Lipinski definition) is 11. The van der Waals surface area contributed by atoms with Crippen LogP contribution in [-0.2, 0) is 19.2 Å². The topological polar surface area (TPSA) is 193 Å². The molecule has 0 atom stereocenters. The second-order valence-electron chi connectivity index (χ2n) is 6.55. The Kier molecular flexibility index (Phi) is 12.1. The molecule has 0 spiro atoms. The van der Waals surface area contributed by atoms with Gasteiger partial charge in [-0.15, -0.1) is 0 Å². The number of carbonyl (C=O) groups excluding carboxylic acids is 3. The summed E-state index contributed by atoms with van der Waals surface area (Å²) in [4.78, 5) is 48.5. The summed E-state index contributed by atoms with van der Waals surface area (Å²) in [6.07, 6.45) is 0.112. The Morgan fingerprint density at radius 1 is 0.929 bits per heavy atom. The van der Waals surface area contributed by atoms with Crippen molar-refractivity contribution in [3.63, 3.8) is 0 Å². The second-order valence-corrected chi connectivity index (χ2v) is 6.55. The average Bonchev–Trinajstić information content (AvgIpc) is 2.65. The van der Waals surface area contributed by atoms with E-state index in [1.165, 1.54) is 9.80 Å². The van der Waals surface area contributed by atoms with Gasteiger partial charge in [0.05, 0.1) is 24.5 Å². The Labute approximate surface area is 193 Å². The Balaban J connectivity index is 0.00000729. The summed E-state index contributed by atoms with van der Waals surface area (Å²) in [7, 11) is 0. The standard InChI is InChI=1S/C15H26N4O8.Gd/c16-2-1-15(19(7-13(24)25)8-14(26)27)9-17(5-11(20)21)3-4-18(10-15)6-12(22)23;/h1-10,16H2,(H,20,21)(H,22,23)(H,24,25)(H,26,27);/q;+3/p-3. The van der Waals surface area contributed by atoms with Crippen LogP contribution in [-0.4, -0.2) is 108 Å². The zero-order chi connectivity index (χ0) is 20.6. The summed E-state index contributed by atoms with van der Waals surface area (Å²) in [5.41, 5.74) is 4.44. The van der Waals surface area contributed by atoms with Crippen molar-refractivity contribution in [2.45, 2.75) is 12.0 Å². The average molecular weight is 545 g/mol. The van der Waals surface area contributed by atoms with Gasteiger partial charge in [0.25, 0.3) is 0 Å². The molecule has 0 aliphatic carbocycles. The van der Waals surface area contributed by atoms with E-state index in [4.69, 9.17) is 5.73 Å². The van der Waals surface area contributed by atoms with Gasteiger partial charge in [0.15, 0.2) is 0 Å². The van der Waals surface area contributed by atoms with Crippen LogP contribution in [0.25, 0.3) is 0 Å². The Bertz CT molecular complexity index is 534. The summed E-state index contributed by atoms with van der Waals surface area (Å²) >= 11 is 0. The first kappa shape index (κ1) is 27.0. The van der Waals surface area contributed by atoms with Crippen LogP contribution >= 0.6 is 0 Å². The minimum Gasteiger partial charge on any atom is -0.549 e. The summed E-state index contributed by atoms with van der Waals surface area (Å²) in [6.45, 7) is -2.02. The number of hydrogen-bond donors (Lipinski definition) is 2. The van der Waals surface area contributed by atoms with E-state index in [1.807, 2.05) is 0 Å². The molecule has 12 nitrogen and oxygen atoms in total. The van der Waals surface area contributed by atoms with Crippen LogP contribution in [0.3, 0.4) is 0 Å². The number of rotatable bonds is 11. The number of carbonyl (C=O) groups is 4. The van der Waals surface area contributed by atoms with Crippen LogP contribution in [0, 0.1) is 39.9 Å². The summed E-state index contributed by atoms with van der Waals surface area (Å²) in [6, 6.07) is 0. The van der Waals surface area contributed by atoms with Crippen molar-refractivity contribution < 1.29 is 79.5 Å². The van der Waals surface area contributed by atoms with Crippen molar-refractivity contribution >= 4 is 23.9 Å².